The molecule has 1 saturated heterocycles. The number of benzene rings is 1. The first kappa shape index (κ1) is 21.5. The lowest BCUT2D eigenvalue weighted by Crippen LogP contribution is -2.44. The molecule has 1 heterocycles. The van der Waals surface area contributed by atoms with Crippen LogP contribution in [0.2, 0.25) is 5.02 Å². The molecule has 27 heavy (non-hydrogen) atoms. The highest BCUT2D eigenvalue weighted by atomic mass is 35.5. The van der Waals surface area contributed by atoms with Crippen LogP contribution in [-0.2, 0) is 9.59 Å². The van der Waals surface area contributed by atoms with Crippen molar-refractivity contribution < 1.29 is 14.7 Å². The van der Waals surface area contributed by atoms with Crippen molar-refractivity contribution in [1.29, 1.82) is 0 Å². The van der Waals surface area contributed by atoms with Crippen molar-refractivity contribution in [2.75, 3.05) is 33.2 Å². The van der Waals surface area contributed by atoms with Crippen molar-refractivity contribution in [3.8, 4) is 5.75 Å². The van der Waals surface area contributed by atoms with Gasteiger partial charge in [0, 0.05) is 43.2 Å². The van der Waals surface area contributed by atoms with E-state index in [-0.39, 0.29) is 11.7 Å². The van der Waals surface area contributed by atoms with Crippen molar-refractivity contribution in [2.45, 2.75) is 45.6 Å². The van der Waals surface area contributed by atoms with Crippen LogP contribution in [0.25, 0.3) is 0 Å². The fourth-order valence-corrected chi connectivity index (χ4v) is 3.47. The van der Waals surface area contributed by atoms with Gasteiger partial charge in [-0.3, -0.25) is 9.59 Å². The summed E-state index contributed by atoms with van der Waals surface area (Å²) >= 11 is 6.03. The Labute approximate surface area is 166 Å². The lowest BCUT2D eigenvalue weighted by molar-refractivity contribution is -0.145. The van der Waals surface area contributed by atoms with E-state index in [1.807, 2.05) is 20.0 Å². The van der Waals surface area contributed by atoms with Crippen LogP contribution in [0.5, 0.6) is 5.75 Å². The molecule has 1 fully saturated rings. The third-order valence-electron chi connectivity index (χ3n) is 5.51. The third kappa shape index (κ3) is 5.36. The van der Waals surface area contributed by atoms with E-state index in [0.29, 0.717) is 43.7 Å². The number of hydrogen-bond donors (Lipinski definition) is 2. The molecule has 1 aromatic rings. The van der Waals surface area contributed by atoms with E-state index in [9.17, 15) is 14.7 Å². The Morgan fingerprint density at radius 1 is 1.44 bits per heavy atom. The second kappa shape index (κ2) is 9.42. The van der Waals surface area contributed by atoms with E-state index in [2.05, 4.69) is 24.1 Å². The van der Waals surface area contributed by atoms with E-state index < -0.39 is 11.8 Å². The number of aromatic hydroxyl groups is 1. The summed E-state index contributed by atoms with van der Waals surface area (Å²) in [6.07, 6.45) is 1.75. The Balaban J connectivity index is 1.88. The average molecular weight is 396 g/mol. The first-order valence-corrected chi connectivity index (χ1v) is 9.88. The van der Waals surface area contributed by atoms with Crippen LogP contribution in [0.1, 0.15) is 43.7 Å². The number of carbonyl (C=O) groups is 2. The van der Waals surface area contributed by atoms with Crippen LogP contribution >= 0.6 is 11.6 Å². The maximum atomic E-state index is 12.4. The normalized spacial score (nSPS) is 18.0. The van der Waals surface area contributed by atoms with Gasteiger partial charge in [0.2, 0.25) is 0 Å². The smallest absolute Gasteiger partial charge is 0.311 e. The molecule has 0 aliphatic carbocycles. The predicted molar refractivity (Wildman–Crippen MR) is 107 cm³/mol. The van der Waals surface area contributed by atoms with Gasteiger partial charge < -0.3 is 20.2 Å². The number of rotatable bonds is 6. The Kier molecular flexibility index (Phi) is 7.50. The number of nitrogens with one attached hydrogen (secondary N) is 1. The van der Waals surface area contributed by atoms with Gasteiger partial charge in [-0.05, 0) is 50.9 Å². The summed E-state index contributed by atoms with van der Waals surface area (Å²) in [5, 5.41) is 13.4. The highest BCUT2D eigenvalue weighted by molar-refractivity contribution is 6.35. The van der Waals surface area contributed by atoms with Crippen LogP contribution in [-0.4, -0.2) is 66.0 Å². The molecule has 0 spiro atoms. The molecule has 7 heteroatoms. The minimum absolute atomic E-state index is 0.00857. The third-order valence-corrected chi connectivity index (χ3v) is 5.92. The van der Waals surface area contributed by atoms with Crippen LogP contribution in [0, 0.1) is 6.92 Å². The predicted octanol–water partition coefficient (Wildman–Crippen LogP) is 2.52. The minimum atomic E-state index is -0.565. The molecule has 2 unspecified atom stereocenters. The molecular weight excluding hydrogens is 366 g/mol. The maximum Gasteiger partial charge on any atom is 0.311 e. The van der Waals surface area contributed by atoms with Crippen LogP contribution in [0.3, 0.4) is 0 Å². The maximum absolute atomic E-state index is 12.4. The molecule has 2 rings (SSSR count). The molecule has 6 nitrogen and oxygen atoms in total. The first-order chi connectivity index (χ1) is 12.7. The number of amides is 2. The van der Waals surface area contributed by atoms with Gasteiger partial charge >= 0.3 is 11.8 Å². The zero-order valence-electron chi connectivity index (χ0n) is 16.6. The summed E-state index contributed by atoms with van der Waals surface area (Å²) in [5.74, 6) is -0.921. The van der Waals surface area contributed by atoms with Gasteiger partial charge in [-0.2, -0.15) is 0 Å². The van der Waals surface area contributed by atoms with Gasteiger partial charge in [-0.25, -0.2) is 0 Å². The highest BCUT2D eigenvalue weighted by Crippen LogP contribution is 2.36. The topological polar surface area (TPSA) is 72.9 Å². The van der Waals surface area contributed by atoms with Crippen molar-refractivity contribution in [2.24, 2.45) is 0 Å². The molecule has 0 aromatic heterocycles. The van der Waals surface area contributed by atoms with Gasteiger partial charge in [0.05, 0.1) is 0 Å². The second-order valence-electron chi connectivity index (χ2n) is 7.39. The first-order valence-electron chi connectivity index (χ1n) is 9.50. The summed E-state index contributed by atoms with van der Waals surface area (Å²) < 4.78 is 0. The number of carbonyl (C=O) groups excluding carboxylic acids is 2. The fraction of sp³-hybridized carbons (Fsp3) is 0.600. The zero-order chi connectivity index (χ0) is 20.1. The van der Waals surface area contributed by atoms with E-state index in [1.54, 1.807) is 4.90 Å². The number of hydrogen-bond acceptors (Lipinski definition) is 4. The van der Waals surface area contributed by atoms with Gasteiger partial charge in [0.25, 0.3) is 0 Å². The van der Waals surface area contributed by atoms with E-state index in [1.165, 1.54) is 6.07 Å². The van der Waals surface area contributed by atoms with Crippen molar-refractivity contribution >= 4 is 23.4 Å². The quantitative estimate of drug-likeness (QED) is 0.726. The Hall–Kier alpha value is -1.79. The monoisotopic (exact) mass is 395 g/mol. The van der Waals surface area contributed by atoms with Gasteiger partial charge in [0.15, 0.2) is 0 Å². The number of phenolic OH excluding ortho intramolecular Hbond substituents is 1. The summed E-state index contributed by atoms with van der Waals surface area (Å²) in [4.78, 5) is 28.3. The number of aryl methyl sites for hydroxylation is 1. The Bertz CT molecular complexity index is 695. The van der Waals surface area contributed by atoms with Crippen molar-refractivity contribution in [3.63, 3.8) is 0 Å². The zero-order valence-corrected chi connectivity index (χ0v) is 17.3. The van der Waals surface area contributed by atoms with Crippen LogP contribution in [0.4, 0.5) is 0 Å². The lowest BCUT2D eigenvalue weighted by atomic mass is 9.96. The average Bonchev–Trinajstić information content (AvgIpc) is 3.12. The molecule has 0 saturated carbocycles. The summed E-state index contributed by atoms with van der Waals surface area (Å²) in [6.45, 7) is 8.21. The molecule has 150 valence electrons. The summed E-state index contributed by atoms with van der Waals surface area (Å²) in [5.41, 5.74) is 1.67. The van der Waals surface area contributed by atoms with Crippen LogP contribution in [0.15, 0.2) is 12.1 Å². The molecule has 2 atom stereocenters. The summed E-state index contributed by atoms with van der Waals surface area (Å²) in [7, 11) is 2.01. The summed E-state index contributed by atoms with van der Waals surface area (Å²) in [6, 6.07) is 3.84. The van der Waals surface area contributed by atoms with E-state index in [4.69, 9.17) is 11.6 Å². The Morgan fingerprint density at radius 3 is 2.81 bits per heavy atom. The highest BCUT2D eigenvalue weighted by Gasteiger charge is 2.32. The van der Waals surface area contributed by atoms with E-state index in [0.717, 1.165) is 17.5 Å². The van der Waals surface area contributed by atoms with Gasteiger partial charge in [0.1, 0.15) is 5.75 Å². The number of nitrogens with zero attached hydrogens (tertiary/aromatic N) is 2. The minimum Gasteiger partial charge on any atom is -0.508 e. The van der Waals surface area contributed by atoms with E-state index >= 15 is 0 Å². The SMILES string of the molecule is CCC(C)N(C)CCNC(=O)C(=O)N1CCC(c2cc(C)c(Cl)cc2O)C1. The molecule has 0 bridgehead atoms. The number of halogens is 1. The Morgan fingerprint density at radius 2 is 2.15 bits per heavy atom. The molecule has 2 N–H and O–H groups in total. The van der Waals surface area contributed by atoms with Crippen molar-refractivity contribution in [3.05, 3.63) is 28.3 Å². The van der Waals surface area contributed by atoms with Crippen molar-refractivity contribution in [1.82, 2.24) is 15.1 Å². The molecule has 1 aliphatic rings. The lowest BCUT2D eigenvalue weighted by Gasteiger charge is -2.23. The van der Waals surface area contributed by atoms with Gasteiger partial charge in [-0.15, -0.1) is 0 Å². The van der Waals surface area contributed by atoms with Crippen LogP contribution < -0.4 is 5.32 Å². The molecule has 1 aromatic carbocycles. The van der Waals surface area contributed by atoms with Gasteiger partial charge in [-0.1, -0.05) is 24.6 Å². The number of likely N-dealkylation sites (N-methyl/N-ethyl adjacent to an activating group) is 1. The molecular formula is C20H30ClN3O3. The molecule has 0 radical (unpaired) electrons. The molecule has 1 aliphatic heterocycles. The fourth-order valence-electron chi connectivity index (χ4n) is 3.32. The number of likely N-dealkylation sites (tertiary alicyclic amines) is 1. The second-order valence-corrected chi connectivity index (χ2v) is 7.80. The largest absolute Gasteiger partial charge is 0.508 e. The standard InChI is InChI=1S/C20H30ClN3O3/c1-5-14(3)23(4)9-7-22-19(26)20(27)24-8-6-15(12-24)16-10-13(2)17(21)11-18(16)25/h10-11,14-15,25H,5-9,12H2,1-4H3,(H,22,26). The molecule has 2 amide bonds. The number of phenols is 1.